The lowest BCUT2D eigenvalue weighted by atomic mass is 10.1. The van der Waals surface area contributed by atoms with E-state index in [9.17, 15) is 13.2 Å². The summed E-state index contributed by atoms with van der Waals surface area (Å²) in [7, 11) is 0. The van der Waals surface area contributed by atoms with Crippen molar-refractivity contribution in [2.24, 2.45) is 5.73 Å². The lowest BCUT2D eigenvalue weighted by molar-refractivity contribution is -0.137. The second-order valence-electron chi connectivity index (χ2n) is 4.96. The van der Waals surface area contributed by atoms with Gasteiger partial charge in [0.1, 0.15) is 29.7 Å². The van der Waals surface area contributed by atoms with Gasteiger partial charge in [-0.05, 0) is 24.3 Å². The van der Waals surface area contributed by atoms with E-state index in [0.29, 0.717) is 0 Å². The first-order valence-corrected chi connectivity index (χ1v) is 6.99. The molecule has 2 rings (SSSR count). The van der Waals surface area contributed by atoms with Crippen LogP contribution in [0, 0.1) is 34.0 Å². The van der Waals surface area contributed by atoms with Gasteiger partial charge in [-0.1, -0.05) is 12.1 Å². The lowest BCUT2D eigenvalue weighted by Gasteiger charge is -2.07. The molecule has 1 heterocycles. The zero-order chi connectivity index (χ0) is 19.3. The molecule has 26 heavy (non-hydrogen) atoms. The van der Waals surface area contributed by atoms with Crippen molar-refractivity contribution in [3.05, 3.63) is 64.6 Å². The van der Waals surface area contributed by atoms with Gasteiger partial charge in [0.15, 0.2) is 5.57 Å². The average Bonchev–Trinajstić information content (AvgIpc) is 3.08. The topological polar surface area (TPSA) is 111 Å². The molecule has 0 spiro atoms. The van der Waals surface area contributed by atoms with Gasteiger partial charge in [0.2, 0.25) is 0 Å². The minimum Gasteiger partial charge on any atom is -0.457 e. The smallest absolute Gasteiger partial charge is 0.416 e. The molecule has 2 aromatic rings. The molecule has 0 saturated carbocycles. The molecule has 5 nitrogen and oxygen atoms in total. The minimum absolute atomic E-state index is 0.132. The molecule has 1 aromatic carbocycles. The molecule has 0 unspecified atom stereocenters. The van der Waals surface area contributed by atoms with Crippen molar-refractivity contribution in [3.8, 4) is 29.5 Å². The Labute approximate surface area is 146 Å². The number of alkyl halides is 3. The third kappa shape index (κ3) is 3.92. The van der Waals surface area contributed by atoms with E-state index in [1.807, 2.05) is 0 Å². The van der Waals surface area contributed by atoms with Crippen LogP contribution in [0.25, 0.3) is 17.4 Å². The molecule has 8 heteroatoms. The summed E-state index contributed by atoms with van der Waals surface area (Å²) in [6.07, 6.45) is -3.29. The Bertz CT molecular complexity index is 1010. The monoisotopic (exact) mass is 354 g/mol. The number of nitrogens with zero attached hydrogens (tertiary/aromatic N) is 3. The quantitative estimate of drug-likeness (QED) is 0.658. The fraction of sp³-hybridized carbons (Fsp3) is 0.0556. The number of allylic oxidation sites excluding steroid dienone is 2. The molecule has 0 aliphatic rings. The summed E-state index contributed by atoms with van der Waals surface area (Å²) in [6.45, 7) is 0. The number of hydrogen-bond acceptors (Lipinski definition) is 5. The highest BCUT2D eigenvalue weighted by Crippen LogP contribution is 2.33. The van der Waals surface area contributed by atoms with Crippen LogP contribution >= 0.6 is 0 Å². The maximum Gasteiger partial charge on any atom is 0.416 e. The van der Waals surface area contributed by atoms with Gasteiger partial charge >= 0.3 is 6.18 Å². The normalized spacial score (nSPS) is 11.2. The number of rotatable bonds is 3. The summed E-state index contributed by atoms with van der Waals surface area (Å²) < 4.78 is 43.8. The molecule has 128 valence electrons. The number of benzene rings is 1. The van der Waals surface area contributed by atoms with Gasteiger partial charge in [-0.3, -0.25) is 0 Å². The van der Waals surface area contributed by atoms with Crippen molar-refractivity contribution < 1.29 is 17.6 Å². The molecular formula is C18H9F3N4O. The van der Waals surface area contributed by atoms with Crippen molar-refractivity contribution in [2.75, 3.05) is 0 Å². The fourth-order valence-electron chi connectivity index (χ4n) is 2.03. The maximum absolute atomic E-state index is 12.8. The zero-order valence-electron chi connectivity index (χ0n) is 13.0. The first-order chi connectivity index (χ1) is 12.3. The molecular weight excluding hydrogens is 345 g/mol. The van der Waals surface area contributed by atoms with Crippen LogP contribution in [0.3, 0.4) is 0 Å². The van der Waals surface area contributed by atoms with Gasteiger partial charge in [-0.2, -0.15) is 29.0 Å². The van der Waals surface area contributed by atoms with E-state index in [1.54, 1.807) is 18.2 Å². The van der Waals surface area contributed by atoms with Crippen molar-refractivity contribution in [1.29, 1.82) is 15.8 Å². The van der Waals surface area contributed by atoms with Gasteiger partial charge < -0.3 is 10.2 Å². The van der Waals surface area contributed by atoms with Crippen LogP contribution in [-0.4, -0.2) is 0 Å². The highest BCUT2D eigenvalue weighted by molar-refractivity contribution is 5.66. The van der Waals surface area contributed by atoms with E-state index < -0.39 is 17.3 Å². The second kappa shape index (κ2) is 7.29. The third-order valence-corrected chi connectivity index (χ3v) is 3.29. The van der Waals surface area contributed by atoms with E-state index in [2.05, 4.69) is 0 Å². The Kier molecular flexibility index (Phi) is 5.15. The second-order valence-corrected chi connectivity index (χ2v) is 4.96. The fourth-order valence-corrected chi connectivity index (χ4v) is 2.03. The SMILES string of the molecule is N#CC(=Cc1ccc(-c2cccc(C(F)(F)F)c2)o1)C(N)=C(C#N)C#N. The van der Waals surface area contributed by atoms with Crippen LogP contribution in [0.5, 0.6) is 0 Å². The molecule has 2 N–H and O–H groups in total. The highest BCUT2D eigenvalue weighted by Gasteiger charge is 2.30. The van der Waals surface area contributed by atoms with Crippen LogP contribution in [0.15, 0.2) is 57.7 Å². The summed E-state index contributed by atoms with van der Waals surface area (Å²) in [5.41, 5.74) is 4.08. The van der Waals surface area contributed by atoms with Gasteiger partial charge in [0.25, 0.3) is 0 Å². The molecule has 0 aliphatic heterocycles. The van der Waals surface area contributed by atoms with Crippen molar-refractivity contribution in [3.63, 3.8) is 0 Å². The largest absolute Gasteiger partial charge is 0.457 e. The van der Waals surface area contributed by atoms with E-state index in [0.717, 1.165) is 12.1 Å². The average molecular weight is 354 g/mol. The van der Waals surface area contributed by atoms with Crippen molar-refractivity contribution >= 4 is 6.08 Å². The molecule has 0 saturated heterocycles. The van der Waals surface area contributed by atoms with Crippen LogP contribution in [-0.2, 0) is 6.18 Å². The number of nitrogens with two attached hydrogens (primary N) is 1. The Balaban J connectivity index is 2.43. The molecule has 0 fully saturated rings. The first kappa shape index (κ1) is 18.4. The number of hydrogen-bond donors (Lipinski definition) is 1. The summed E-state index contributed by atoms with van der Waals surface area (Å²) in [4.78, 5) is 0. The Hall–Kier alpha value is -3.96. The number of halogens is 3. The minimum atomic E-state index is -4.48. The predicted octanol–water partition coefficient (Wildman–Crippen LogP) is 4.13. The summed E-state index contributed by atoms with van der Waals surface area (Å²) in [6, 6.07) is 12.3. The summed E-state index contributed by atoms with van der Waals surface area (Å²) >= 11 is 0. The van der Waals surface area contributed by atoms with Gasteiger partial charge in [0, 0.05) is 11.6 Å². The van der Waals surface area contributed by atoms with Crippen LogP contribution in [0.2, 0.25) is 0 Å². The number of furan rings is 1. The lowest BCUT2D eigenvalue weighted by Crippen LogP contribution is -2.04. The van der Waals surface area contributed by atoms with E-state index >= 15 is 0 Å². The maximum atomic E-state index is 12.8. The van der Waals surface area contributed by atoms with Crippen LogP contribution in [0.4, 0.5) is 13.2 Å². The molecule has 0 amide bonds. The zero-order valence-corrected chi connectivity index (χ0v) is 13.0. The standard InChI is InChI=1S/C18H9F3N4O/c19-18(20,21)14-3-1-2-11(6-14)16-5-4-15(26-16)7-12(8-22)17(25)13(9-23)10-24/h1-7H,25H2. The van der Waals surface area contributed by atoms with Gasteiger partial charge in [0.05, 0.1) is 16.8 Å². The Morgan fingerprint density at radius 1 is 1.04 bits per heavy atom. The third-order valence-electron chi connectivity index (χ3n) is 3.29. The highest BCUT2D eigenvalue weighted by atomic mass is 19.4. The van der Waals surface area contributed by atoms with Crippen LogP contribution < -0.4 is 5.73 Å². The van der Waals surface area contributed by atoms with E-state index in [-0.39, 0.29) is 28.4 Å². The molecule has 0 atom stereocenters. The first-order valence-electron chi connectivity index (χ1n) is 6.99. The van der Waals surface area contributed by atoms with Crippen LogP contribution in [0.1, 0.15) is 11.3 Å². The molecule has 0 bridgehead atoms. The Morgan fingerprint density at radius 2 is 1.73 bits per heavy atom. The van der Waals surface area contributed by atoms with E-state index in [4.69, 9.17) is 25.9 Å². The summed E-state index contributed by atoms with van der Waals surface area (Å²) in [5.74, 6) is 0.287. The predicted molar refractivity (Wildman–Crippen MR) is 85.2 cm³/mol. The Morgan fingerprint density at radius 3 is 2.31 bits per heavy atom. The molecule has 0 aliphatic carbocycles. The number of nitriles is 3. The van der Waals surface area contributed by atoms with Crippen molar-refractivity contribution in [1.82, 2.24) is 0 Å². The molecule has 1 aromatic heterocycles. The van der Waals surface area contributed by atoms with Crippen molar-refractivity contribution in [2.45, 2.75) is 6.18 Å². The molecule has 0 radical (unpaired) electrons. The summed E-state index contributed by atoms with van der Waals surface area (Å²) in [5, 5.41) is 26.7. The van der Waals surface area contributed by atoms with Gasteiger partial charge in [-0.15, -0.1) is 0 Å². The van der Waals surface area contributed by atoms with E-state index in [1.165, 1.54) is 30.3 Å². The van der Waals surface area contributed by atoms with Gasteiger partial charge in [-0.25, -0.2) is 0 Å².